The summed E-state index contributed by atoms with van der Waals surface area (Å²) in [5.41, 5.74) is 2.22. The first-order chi connectivity index (χ1) is 10.4. The highest BCUT2D eigenvalue weighted by atomic mass is 35.6. The Labute approximate surface area is 143 Å². The lowest BCUT2D eigenvalue weighted by atomic mass is 10.1. The molecule has 1 aromatic heterocycles. The molecule has 0 aliphatic rings. The normalized spacial score (nSPS) is 11.3. The lowest BCUT2D eigenvalue weighted by Gasteiger charge is -2.21. The second-order valence-electron chi connectivity index (χ2n) is 4.41. The number of nitrogens with one attached hydrogen (secondary N) is 1. The second kappa shape index (κ2) is 7.22. The zero-order valence-electron chi connectivity index (χ0n) is 11.7. The number of aromatic nitrogens is 2. The molecule has 5 nitrogen and oxygen atoms in total. The molecule has 1 heterocycles. The first-order valence-electron chi connectivity index (χ1n) is 6.52. The Balaban J connectivity index is 2.22. The molecule has 118 valence electrons. The Morgan fingerprint density at radius 2 is 2.00 bits per heavy atom. The van der Waals surface area contributed by atoms with Gasteiger partial charge in [0.25, 0.3) is 0 Å². The van der Waals surface area contributed by atoms with Crippen molar-refractivity contribution in [3.63, 3.8) is 0 Å². The van der Waals surface area contributed by atoms with Crippen LogP contribution in [-0.2, 0) is 4.74 Å². The van der Waals surface area contributed by atoms with Crippen molar-refractivity contribution in [2.75, 3.05) is 18.1 Å². The molecule has 0 saturated heterocycles. The average molecular weight is 363 g/mol. The molecule has 0 radical (unpaired) electrons. The van der Waals surface area contributed by atoms with Crippen molar-refractivity contribution < 1.29 is 9.53 Å². The third-order valence-corrected chi connectivity index (χ3v) is 3.20. The number of hydrogen-bond acceptors (Lipinski definition) is 3. The van der Waals surface area contributed by atoms with E-state index >= 15 is 0 Å². The van der Waals surface area contributed by atoms with Crippen molar-refractivity contribution in [3.05, 3.63) is 36.5 Å². The lowest BCUT2D eigenvalue weighted by molar-refractivity contribution is 0.156. The third-order valence-electron chi connectivity index (χ3n) is 2.87. The van der Waals surface area contributed by atoms with Gasteiger partial charge in [0.2, 0.25) is 3.79 Å². The molecule has 1 N–H and O–H groups in total. The largest absolute Gasteiger partial charge is 0.445 e. The van der Waals surface area contributed by atoms with Crippen LogP contribution in [0.2, 0.25) is 0 Å². The molecule has 0 unspecified atom stereocenters. The van der Waals surface area contributed by atoms with E-state index in [1.54, 1.807) is 6.20 Å². The van der Waals surface area contributed by atoms with E-state index in [2.05, 4.69) is 10.2 Å². The first kappa shape index (κ1) is 16.9. The van der Waals surface area contributed by atoms with Gasteiger partial charge in [-0.1, -0.05) is 65.1 Å². The molecule has 0 aliphatic carbocycles. The van der Waals surface area contributed by atoms with E-state index in [0.717, 1.165) is 5.56 Å². The van der Waals surface area contributed by atoms with Crippen LogP contribution in [0.25, 0.3) is 11.3 Å². The van der Waals surface area contributed by atoms with Gasteiger partial charge in [-0.3, -0.25) is 10.00 Å². The summed E-state index contributed by atoms with van der Waals surface area (Å²) in [5, 5.41) is 6.89. The number of amides is 1. The van der Waals surface area contributed by atoms with Gasteiger partial charge in [0.05, 0.1) is 17.6 Å². The van der Waals surface area contributed by atoms with Crippen molar-refractivity contribution in [2.24, 2.45) is 0 Å². The molecule has 8 heteroatoms. The third kappa shape index (κ3) is 4.29. The van der Waals surface area contributed by atoms with E-state index in [9.17, 15) is 4.79 Å². The number of benzene rings is 1. The molecule has 2 aromatic rings. The summed E-state index contributed by atoms with van der Waals surface area (Å²) < 4.78 is 3.38. The van der Waals surface area contributed by atoms with Crippen LogP contribution in [0.1, 0.15) is 6.92 Å². The van der Waals surface area contributed by atoms with Crippen LogP contribution in [0.4, 0.5) is 10.5 Å². The van der Waals surface area contributed by atoms with E-state index in [-0.39, 0.29) is 6.61 Å². The number of H-pyrrole nitrogens is 1. The van der Waals surface area contributed by atoms with Gasteiger partial charge in [-0.25, -0.2) is 4.79 Å². The number of rotatable bonds is 4. The van der Waals surface area contributed by atoms with Crippen LogP contribution < -0.4 is 4.90 Å². The van der Waals surface area contributed by atoms with E-state index in [1.165, 1.54) is 4.90 Å². The van der Waals surface area contributed by atoms with Crippen LogP contribution in [0.5, 0.6) is 0 Å². The summed E-state index contributed by atoms with van der Waals surface area (Å²) >= 11 is 16.8. The number of ether oxygens (including phenoxy) is 1. The van der Waals surface area contributed by atoms with Gasteiger partial charge >= 0.3 is 6.09 Å². The highest BCUT2D eigenvalue weighted by Gasteiger charge is 2.26. The fourth-order valence-corrected chi connectivity index (χ4v) is 2.08. The van der Waals surface area contributed by atoms with E-state index in [4.69, 9.17) is 39.5 Å². The van der Waals surface area contributed by atoms with Crippen molar-refractivity contribution in [1.82, 2.24) is 10.2 Å². The number of hydrogen-bond donors (Lipinski definition) is 1. The Hall–Kier alpha value is -1.43. The average Bonchev–Trinajstić information content (AvgIpc) is 2.95. The second-order valence-corrected chi connectivity index (χ2v) is 6.93. The standard InChI is InChI=1S/C14H14Cl3N3O2/c1-2-20(13(21)22-9-14(15,16)17)11-8-18-19-12(11)10-6-4-3-5-7-10/h3-8H,2,9H2,1H3,(H,18,19). The number of alkyl halides is 3. The summed E-state index contributed by atoms with van der Waals surface area (Å²) in [6.07, 6.45) is 0.954. The number of halogens is 3. The maximum Gasteiger partial charge on any atom is 0.414 e. The molecule has 2 rings (SSSR count). The maximum atomic E-state index is 12.2. The SMILES string of the molecule is CCN(C(=O)OCC(Cl)(Cl)Cl)c1cn[nH]c1-c1ccccc1. The van der Waals surface area contributed by atoms with Gasteiger partial charge in [0, 0.05) is 12.1 Å². The van der Waals surface area contributed by atoms with E-state index < -0.39 is 9.89 Å². The molecule has 0 fully saturated rings. The van der Waals surface area contributed by atoms with Crippen molar-refractivity contribution >= 4 is 46.6 Å². The molecule has 22 heavy (non-hydrogen) atoms. The number of aromatic amines is 1. The van der Waals surface area contributed by atoms with E-state index in [1.807, 2.05) is 37.3 Å². The molecule has 0 aliphatic heterocycles. The topological polar surface area (TPSA) is 58.2 Å². The Kier molecular flexibility index (Phi) is 5.56. The zero-order chi connectivity index (χ0) is 16.2. The number of nitrogens with zero attached hydrogens (tertiary/aromatic N) is 2. The van der Waals surface area contributed by atoms with Gasteiger partial charge in [0.15, 0.2) is 0 Å². The molecule has 1 amide bonds. The summed E-state index contributed by atoms with van der Waals surface area (Å²) in [7, 11) is 0. The van der Waals surface area contributed by atoms with Crippen molar-refractivity contribution in [1.29, 1.82) is 0 Å². The Bertz CT molecular complexity index is 626. The minimum Gasteiger partial charge on any atom is -0.445 e. The number of anilines is 1. The summed E-state index contributed by atoms with van der Waals surface area (Å²) in [6.45, 7) is 1.88. The molecule has 1 aromatic carbocycles. The van der Waals surface area contributed by atoms with Gasteiger partial charge in [-0.2, -0.15) is 5.10 Å². The quantitative estimate of drug-likeness (QED) is 0.820. The minimum atomic E-state index is -1.65. The van der Waals surface area contributed by atoms with Gasteiger partial charge in [-0.15, -0.1) is 0 Å². The van der Waals surface area contributed by atoms with Crippen LogP contribution in [-0.4, -0.2) is 33.2 Å². The monoisotopic (exact) mass is 361 g/mol. The first-order valence-corrected chi connectivity index (χ1v) is 7.65. The van der Waals surface area contributed by atoms with Gasteiger partial charge < -0.3 is 4.74 Å². The number of carbonyl (C=O) groups is 1. The fraction of sp³-hybridized carbons (Fsp3) is 0.286. The van der Waals surface area contributed by atoms with Crippen LogP contribution >= 0.6 is 34.8 Å². The van der Waals surface area contributed by atoms with Crippen molar-refractivity contribution in [3.8, 4) is 11.3 Å². The van der Waals surface area contributed by atoms with E-state index in [0.29, 0.717) is 17.9 Å². The molecular formula is C14H14Cl3N3O2. The predicted molar refractivity (Wildman–Crippen MR) is 88.7 cm³/mol. The fourth-order valence-electron chi connectivity index (χ4n) is 1.92. The van der Waals surface area contributed by atoms with Crippen molar-refractivity contribution in [2.45, 2.75) is 10.7 Å². The molecule has 0 bridgehead atoms. The smallest absolute Gasteiger partial charge is 0.414 e. The zero-order valence-corrected chi connectivity index (χ0v) is 14.0. The van der Waals surface area contributed by atoms with Crippen LogP contribution in [0, 0.1) is 0 Å². The lowest BCUT2D eigenvalue weighted by Crippen LogP contribution is -2.33. The Morgan fingerprint density at radius 1 is 1.32 bits per heavy atom. The molecule has 0 saturated carbocycles. The molecule has 0 spiro atoms. The minimum absolute atomic E-state index is 0.328. The summed E-state index contributed by atoms with van der Waals surface area (Å²) in [6, 6.07) is 9.54. The molecule has 0 atom stereocenters. The summed E-state index contributed by atoms with van der Waals surface area (Å²) in [5.74, 6) is 0. The predicted octanol–water partition coefficient (Wildman–Crippen LogP) is 4.41. The highest BCUT2D eigenvalue weighted by molar-refractivity contribution is 6.67. The number of carbonyl (C=O) groups excluding carboxylic acids is 1. The van der Waals surface area contributed by atoms with Crippen LogP contribution in [0.3, 0.4) is 0 Å². The van der Waals surface area contributed by atoms with Gasteiger partial charge in [0.1, 0.15) is 6.61 Å². The molecular weight excluding hydrogens is 349 g/mol. The highest BCUT2D eigenvalue weighted by Crippen LogP contribution is 2.30. The Morgan fingerprint density at radius 3 is 2.59 bits per heavy atom. The van der Waals surface area contributed by atoms with Crippen LogP contribution in [0.15, 0.2) is 36.5 Å². The maximum absolute atomic E-state index is 12.2. The van der Waals surface area contributed by atoms with Gasteiger partial charge in [-0.05, 0) is 6.92 Å². The summed E-state index contributed by atoms with van der Waals surface area (Å²) in [4.78, 5) is 13.6.